The van der Waals surface area contributed by atoms with Crippen LogP contribution in [0.3, 0.4) is 0 Å². The molecule has 0 saturated carbocycles. The molecule has 0 atom stereocenters. The summed E-state index contributed by atoms with van der Waals surface area (Å²) < 4.78 is 20.5. The topological polar surface area (TPSA) is 129 Å². The zero-order valence-corrected chi connectivity index (χ0v) is 47.1. The molecule has 0 bridgehead atoms. The second-order valence-electron chi connectivity index (χ2n) is 14.7. The fraction of sp³-hybridized carbons (Fsp3) is 0.925. The number of rotatable bonds is 18. The Morgan fingerprint density at radius 2 is 0.721 bits per heavy atom. The van der Waals surface area contributed by atoms with Crippen LogP contribution in [0.2, 0.25) is 0 Å². The minimum Gasteiger partial charge on any atom is -0.394 e. The lowest BCUT2D eigenvalue weighted by Gasteiger charge is -1.93. The van der Waals surface area contributed by atoms with E-state index in [0.29, 0.717) is 18.0 Å². The number of carbonyl (C=O) groups is 3. The number of hydrogen-bond acceptors (Lipinski definition) is 7. The van der Waals surface area contributed by atoms with Crippen molar-refractivity contribution in [3.05, 3.63) is 0 Å². The van der Waals surface area contributed by atoms with Crippen molar-refractivity contribution < 1.29 is 27.9 Å². The van der Waals surface area contributed by atoms with Crippen LogP contribution in [-0.4, -0.2) is 54.7 Å². The lowest BCUT2D eigenvalue weighted by Crippen LogP contribution is -2.00. The molecule has 0 radical (unpaired) electrons. The Morgan fingerprint density at radius 1 is 0.459 bits per heavy atom. The van der Waals surface area contributed by atoms with E-state index >= 15 is 0 Å². The summed E-state index contributed by atoms with van der Waals surface area (Å²) in [7, 11) is -2.67. The highest BCUT2D eigenvalue weighted by Gasteiger charge is 1.95. The van der Waals surface area contributed by atoms with E-state index in [1.54, 1.807) is 34.6 Å². The highest BCUT2D eigenvalue weighted by molar-refractivity contribution is 7.90. The molecule has 2 N–H and O–H groups in total. The molecular formula is C53H125NO6S. The summed E-state index contributed by atoms with van der Waals surface area (Å²) in [4.78, 5) is 30.1. The van der Waals surface area contributed by atoms with E-state index in [1.165, 1.54) is 96.1 Å². The van der Waals surface area contributed by atoms with Crippen LogP contribution in [0.1, 0.15) is 308 Å². The van der Waals surface area contributed by atoms with Crippen LogP contribution < -0.4 is 0 Å². The molecule has 0 fully saturated rings. The Hall–Kier alpha value is -1.41. The normalized spacial score (nSPS) is 8.36. The van der Waals surface area contributed by atoms with Gasteiger partial charge in [0.05, 0.1) is 0 Å². The van der Waals surface area contributed by atoms with Crippen LogP contribution in [0.5, 0.6) is 0 Å². The first-order valence-electron chi connectivity index (χ1n) is 24.8. The number of sulfone groups is 1. The SMILES string of the molecule is C.CC.CC(C)O.CCC.CCC.CCC(C)=O.CCCC.CCCC(C)=O.CCCCC.CCCCC(C)=O.CCCCCC.CCCCCC(C)=N.CCCS(C)(=O)=O. The Labute approximate surface area is 390 Å². The van der Waals surface area contributed by atoms with E-state index < -0.39 is 9.84 Å². The predicted octanol–water partition coefficient (Wildman–Crippen LogP) is 18.6. The number of aliphatic hydroxyl groups is 1. The zero-order valence-electron chi connectivity index (χ0n) is 46.2. The van der Waals surface area contributed by atoms with E-state index in [4.69, 9.17) is 10.5 Å². The second kappa shape index (κ2) is 107. The Kier molecular flexibility index (Phi) is 166. The molecule has 0 saturated heterocycles. The van der Waals surface area contributed by atoms with E-state index in [2.05, 4.69) is 83.1 Å². The molecule has 0 amide bonds. The van der Waals surface area contributed by atoms with Crippen LogP contribution in [0.15, 0.2) is 0 Å². The van der Waals surface area contributed by atoms with E-state index in [1.807, 2.05) is 41.5 Å². The molecule has 384 valence electrons. The van der Waals surface area contributed by atoms with Crippen molar-refractivity contribution in [3.63, 3.8) is 0 Å². The van der Waals surface area contributed by atoms with Gasteiger partial charge in [0, 0.05) is 43.1 Å². The van der Waals surface area contributed by atoms with E-state index in [0.717, 1.165) is 50.7 Å². The maximum atomic E-state index is 10.2. The molecule has 7 nitrogen and oxygen atoms in total. The van der Waals surface area contributed by atoms with Gasteiger partial charge in [-0.3, -0.25) is 0 Å². The first-order valence-corrected chi connectivity index (χ1v) is 26.9. The van der Waals surface area contributed by atoms with Crippen molar-refractivity contribution in [1.29, 1.82) is 5.41 Å². The van der Waals surface area contributed by atoms with Crippen LogP contribution in [0.4, 0.5) is 0 Å². The van der Waals surface area contributed by atoms with Crippen LogP contribution in [-0.2, 0) is 24.2 Å². The summed E-state index contributed by atoms with van der Waals surface area (Å²) in [6.45, 7) is 45.9. The van der Waals surface area contributed by atoms with Gasteiger partial charge in [-0.2, -0.15) is 0 Å². The number of carbonyl (C=O) groups excluding carboxylic acids is 3. The average molecular weight is 905 g/mol. The van der Waals surface area contributed by atoms with Crippen LogP contribution >= 0.6 is 0 Å². The van der Waals surface area contributed by atoms with Gasteiger partial charge in [0.1, 0.15) is 27.2 Å². The molecular weight excluding hydrogens is 779 g/mol. The third-order valence-corrected chi connectivity index (χ3v) is 7.03. The summed E-state index contributed by atoms with van der Waals surface area (Å²) in [6.07, 6.45) is 26.6. The van der Waals surface area contributed by atoms with E-state index in [9.17, 15) is 22.8 Å². The summed E-state index contributed by atoms with van der Waals surface area (Å²) in [5.74, 6) is 1.16. The Morgan fingerprint density at radius 3 is 0.803 bits per heavy atom. The fourth-order valence-electron chi connectivity index (χ4n) is 2.64. The number of unbranched alkanes of at least 4 members (excludes halogenated alkanes) is 9. The summed E-state index contributed by atoms with van der Waals surface area (Å²) >= 11 is 0. The standard InChI is InChI=1S/C7H15N.C6H12O.C6H14.C5H10O.C5H12.C4H10O2S.C4H8O.C4H10.C3H8O.2C3H8.C2H6.CH4/c1-3-4-5-6-7(2)8;1-3-4-5-6(2)7;1-3-5-6-4-2;1-3-4-5(2)6;1-3-5-4-2;1-3-4-7(2,5)6;1-3-4(2)5;1-3-4-2;1-3(2)4;2*1-3-2;1-2;/h8H,3-6H2,1-2H3;3-5H2,1-2H3;3-6H2,1-2H3;3-4H2,1-2H3;3-5H2,1-2H3;3-4H2,1-2H3;3H2,1-2H3;3-4H2,1-2H3;3-4H,1-2H3;2*3H2,1-2H3;1-2H3;1H4. The van der Waals surface area contributed by atoms with Crippen LogP contribution in [0.25, 0.3) is 0 Å². The van der Waals surface area contributed by atoms with Gasteiger partial charge in [-0.15, -0.1) is 0 Å². The van der Waals surface area contributed by atoms with Gasteiger partial charge in [0.15, 0.2) is 0 Å². The molecule has 0 aromatic rings. The minimum absolute atomic E-state index is 0. The van der Waals surface area contributed by atoms with Crippen molar-refractivity contribution in [2.45, 2.75) is 314 Å². The van der Waals surface area contributed by atoms with Gasteiger partial charge >= 0.3 is 0 Å². The predicted molar refractivity (Wildman–Crippen MR) is 287 cm³/mol. The molecule has 0 aromatic heterocycles. The highest BCUT2D eigenvalue weighted by Crippen LogP contribution is 1.98. The smallest absolute Gasteiger partial charge is 0.147 e. The summed E-state index contributed by atoms with van der Waals surface area (Å²) in [5, 5.41) is 15.1. The Bertz CT molecular complexity index is 769. The third-order valence-electron chi connectivity index (χ3n) is 5.88. The first-order chi connectivity index (χ1) is 27.9. The molecule has 0 heterocycles. The van der Waals surface area contributed by atoms with Gasteiger partial charge in [0.2, 0.25) is 0 Å². The molecule has 61 heavy (non-hydrogen) atoms. The van der Waals surface area contributed by atoms with Gasteiger partial charge in [-0.1, -0.05) is 215 Å². The van der Waals surface area contributed by atoms with Crippen LogP contribution in [0, 0.1) is 5.41 Å². The van der Waals surface area contributed by atoms with Gasteiger partial charge in [0.25, 0.3) is 0 Å². The molecule has 0 spiro atoms. The number of Topliss-reactive ketones (excluding diaryl/α,β-unsaturated/α-hetero) is 3. The highest BCUT2D eigenvalue weighted by atomic mass is 32.2. The van der Waals surface area contributed by atoms with Gasteiger partial charge in [-0.05, 0) is 73.6 Å². The van der Waals surface area contributed by atoms with Gasteiger partial charge in [-0.25, -0.2) is 8.42 Å². The lowest BCUT2D eigenvalue weighted by atomic mass is 10.1. The molecule has 0 unspecified atom stereocenters. The maximum absolute atomic E-state index is 10.2. The van der Waals surface area contributed by atoms with Gasteiger partial charge < -0.3 is 24.9 Å². The molecule has 0 aliphatic carbocycles. The van der Waals surface area contributed by atoms with Crippen molar-refractivity contribution in [1.82, 2.24) is 0 Å². The largest absolute Gasteiger partial charge is 0.394 e. The average Bonchev–Trinajstić information content (AvgIpc) is 3.16. The second-order valence-corrected chi connectivity index (χ2v) is 17.0. The summed E-state index contributed by atoms with van der Waals surface area (Å²) in [6, 6.07) is 0. The molecule has 0 aliphatic heterocycles. The number of hydrogen-bond donors (Lipinski definition) is 2. The van der Waals surface area contributed by atoms with E-state index in [-0.39, 0.29) is 25.1 Å². The first kappa shape index (κ1) is 94.2. The number of ketones is 3. The molecule has 0 aliphatic rings. The lowest BCUT2D eigenvalue weighted by molar-refractivity contribution is -0.117. The van der Waals surface area contributed by atoms with Crippen molar-refractivity contribution >= 4 is 32.9 Å². The van der Waals surface area contributed by atoms with Crippen molar-refractivity contribution in [3.8, 4) is 0 Å². The molecule has 0 rings (SSSR count). The molecule has 0 aromatic carbocycles. The number of nitrogens with one attached hydrogen (secondary N) is 1. The zero-order chi connectivity index (χ0) is 50.7. The number of aliphatic hydroxyl groups excluding tert-OH is 1. The Balaban J connectivity index is -0.0000000380. The third kappa shape index (κ3) is 368. The van der Waals surface area contributed by atoms with Crippen molar-refractivity contribution in [2.24, 2.45) is 0 Å². The minimum atomic E-state index is -2.67. The molecule has 8 heteroatoms. The summed E-state index contributed by atoms with van der Waals surface area (Å²) in [5.41, 5.74) is 0.818. The quantitative estimate of drug-likeness (QED) is 0.104. The fourth-order valence-corrected chi connectivity index (χ4v) is 3.38. The maximum Gasteiger partial charge on any atom is 0.147 e. The monoisotopic (exact) mass is 904 g/mol. The van der Waals surface area contributed by atoms with Crippen molar-refractivity contribution in [2.75, 3.05) is 12.0 Å².